The molecule has 1 saturated carbocycles. The van der Waals surface area contributed by atoms with Gasteiger partial charge in [-0.15, -0.1) is 0 Å². The molecule has 2 aliphatic rings. The Morgan fingerprint density at radius 2 is 1.50 bits per heavy atom. The van der Waals surface area contributed by atoms with Crippen molar-refractivity contribution in [1.29, 1.82) is 0 Å². The predicted molar refractivity (Wildman–Crippen MR) is 115 cm³/mol. The van der Waals surface area contributed by atoms with Crippen LogP contribution in [-0.4, -0.2) is 36.8 Å². The summed E-state index contributed by atoms with van der Waals surface area (Å²) in [6, 6.07) is 6.55. The van der Waals surface area contributed by atoms with Crippen LogP contribution in [0.2, 0.25) is 0 Å². The molecule has 0 atom stereocenters. The van der Waals surface area contributed by atoms with Crippen LogP contribution in [0, 0.1) is 5.92 Å². The monoisotopic (exact) mass is 423 g/mol. The molecule has 0 radical (unpaired) electrons. The van der Waals surface area contributed by atoms with Crippen LogP contribution >= 0.6 is 12.2 Å². The molecule has 1 aliphatic carbocycles. The third kappa shape index (κ3) is 5.52. The van der Waals surface area contributed by atoms with Crippen molar-refractivity contribution in [2.75, 3.05) is 18.4 Å². The zero-order valence-corrected chi connectivity index (χ0v) is 17.8. The minimum atomic E-state index is -3.46. The van der Waals surface area contributed by atoms with Crippen LogP contribution in [0.5, 0.6) is 0 Å². The zero-order valence-electron chi connectivity index (χ0n) is 16.2. The fraction of sp³-hybridized carbons (Fsp3) is 0.600. The van der Waals surface area contributed by atoms with Crippen LogP contribution in [0.25, 0.3) is 0 Å². The Hall–Kier alpha value is -1.51. The highest BCUT2D eigenvalue weighted by atomic mass is 32.2. The highest BCUT2D eigenvalue weighted by Gasteiger charge is 2.25. The Morgan fingerprint density at radius 1 is 0.929 bits per heavy atom. The SMILES string of the molecule is O=C(NC(=S)Nc1ccc(S(=O)(=O)N2CCCCCC2)cc1)C1CCCCC1. The summed E-state index contributed by atoms with van der Waals surface area (Å²) >= 11 is 5.24. The van der Waals surface area contributed by atoms with Crippen molar-refractivity contribution in [3.63, 3.8) is 0 Å². The topological polar surface area (TPSA) is 78.5 Å². The lowest BCUT2D eigenvalue weighted by Crippen LogP contribution is -2.39. The van der Waals surface area contributed by atoms with Crippen LogP contribution in [-0.2, 0) is 14.8 Å². The van der Waals surface area contributed by atoms with Crippen molar-refractivity contribution in [2.24, 2.45) is 5.92 Å². The molecule has 1 aliphatic heterocycles. The highest BCUT2D eigenvalue weighted by Crippen LogP contribution is 2.24. The van der Waals surface area contributed by atoms with Gasteiger partial charge in [0.25, 0.3) is 0 Å². The molecule has 2 N–H and O–H groups in total. The molecular formula is C20H29N3O3S2. The second kappa shape index (κ2) is 9.80. The van der Waals surface area contributed by atoms with Crippen LogP contribution in [0.1, 0.15) is 57.8 Å². The largest absolute Gasteiger partial charge is 0.332 e. The van der Waals surface area contributed by atoms with Gasteiger partial charge in [0.2, 0.25) is 15.9 Å². The fourth-order valence-electron chi connectivity index (χ4n) is 3.88. The van der Waals surface area contributed by atoms with Gasteiger partial charge in [0.1, 0.15) is 0 Å². The molecule has 1 saturated heterocycles. The number of nitrogens with one attached hydrogen (secondary N) is 2. The molecule has 3 rings (SSSR count). The van der Waals surface area contributed by atoms with Crippen molar-refractivity contribution in [1.82, 2.24) is 9.62 Å². The minimum absolute atomic E-state index is 0.0300. The van der Waals surface area contributed by atoms with Crippen LogP contribution < -0.4 is 10.6 Å². The van der Waals surface area contributed by atoms with E-state index >= 15 is 0 Å². The number of hydrogen-bond acceptors (Lipinski definition) is 4. The molecule has 8 heteroatoms. The second-order valence-electron chi connectivity index (χ2n) is 7.62. The van der Waals surface area contributed by atoms with Crippen molar-refractivity contribution in [3.05, 3.63) is 24.3 Å². The molecule has 0 bridgehead atoms. The summed E-state index contributed by atoms with van der Waals surface area (Å²) in [5, 5.41) is 5.98. The van der Waals surface area contributed by atoms with E-state index in [2.05, 4.69) is 10.6 Å². The number of rotatable bonds is 4. The summed E-state index contributed by atoms with van der Waals surface area (Å²) in [6.07, 6.45) is 9.18. The van der Waals surface area contributed by atoms with E-state index in [1.807, 2.05) is 0 Å². The first-order chi connectivity index (χ1) is 13.5. The van der Waals surface area contributed by atoms with Gasteiger partial charge >= 0.3 is 0 Å². The van der Waals surface area contributed by atoms with Gasteiger partial charge in [0.05, 0.1) is 4.90 Å². The normalized spacial score (nSPS) is 19.6. The second-order valence-corrected chi connectivity index (χ2v) is 9.97. The molecule has 0 spiro atoms. The number of thiocarbonyl (C=S) groups is 1. The average molecular weight is 424 g/mol. The first-order valence-electron chi connectivity index (χ1n) is 10.2. The molecule has 0 aromatic heterocycles. The number of benzene rings is 1. The average Bonchev–Trinajstić information content (AvgIpc) is 2.99. The highest BCUT2D eigenvalue weighted by molar-refractivity contribution is 7.89. The van der Waals surface area contributed by atoms with Gasteiger partial charge in [0, 0.05) is 24.7 Å². The quantitative estimate of drug-likeness (QED) is 0.723. The number of amides is 1. The molecule has 0 unspecified atom stereocenters. The molecular weight excluding hydrogens is 394 g/mol. The Labute approximate surface area is 173 Å². The summed E-state index contributed by atoms with van der Waals surface area (Å²) in [5.41, 5.74) is 0.656. The van der Waals surface area contributed by atoms with E-state index in [-0.39, 0.29) is 21.8 Å². The van der Waals surface area contributed by atoms with E-state index in [1.165, 1.54) is 6.42 Å². The third-order valence-corrected chi connectivity index (χ3v) is 7.64. The molecule has 1 amide bonds. The summed E-state index contributed by atoms with van der Waals surface area (Å²) in [7, 11) is -3.46. The van der Waals surface area contributed by atoms with E-state index in [9.17, 15) is 13.2 Å². The van der Waals surface area contributed by atoms with E-state index in [1.54, 1.807) is 28.6 Å². The molecule has 1 aromatic carbocycles. The van der Waals surface area contributed by atoms with Crippen LogP contribution in [0.15, 0.2) is 29.2 Å². The first-order valence-corrected chi connectivity index (χ1v) is 12.0. The maximum atomic E-state index is 12.8. The summed E-state index contributed by atoms with van der Waals surface area (Å²) in [4.78, 5) is 12.6. The molecule has 6 nitrogen and oxygen atoms in total. The van der Waals surface area contributed by atoms with E-state index < -0.39 is 10.0 Å². The van der Waals surface area contributed by atoms with Crippen LogP contribution in [0.3, 0.4) is 0 Å². The lowest BCUT2D eigenvalue weighted by molar-refractivity contribution is -0.124. The molecule has 154 valence electrons. The van der Waals surface area contributed by atoms with Gasteiger partial charge in [-0.1, -0.05) is 32.1 Å². The fourth-order valence-corrected chi connectivity index (χ4v) is 5.62. The lowest BCUT2D eigenvalue weighted by Gasteiger charge is -2.21. The summed E-state index contributed by atoms with van der Waals surface area (Å²) in [6.45, 7) is 1.17. The number of nitrogens with zero attached hydrogens (tertiary/aromatic N) is 1. The van der Waals surface area contributed by atoms with Crippen molar-refractivity contribution < 1.29 is 13.2 Å². The maximum absolute atomic E-state index is 12.8. The predicted octanol–water partition coefficient (Wildman–Crippen LogP) is 3.64. The molecule has 28 heavy (non-hydrogen) atoms. The zero-order chi connectivity index (χ0) is 20.0. The van der Waals surface area contributed by atoms with E-state index in [0.29, 0.717) is 18.8 Å². The number of carbonyl (C=O) groups is 1. The minimum Gasteiger partial charge on any atom is -0.332 e. The van der Waals surface area contributed by atoms with Gasteiger partial charge in [-0.2, -0.15) is 4.31 Å². The van der Waals surface area contributed by atoms with Crippen LogP contribution in [0.4, 0.5) is 5.69 Å². The number of anilines is 1. The van der Waals surface area contributed by atoms with Gasteiger partial charge in [-0.3, -0.25) is 4.79 Å². The van der Waals surface area contributed by atoms with Crippen molar-refractivity contribution >= 4 is 38.9 Å². The number of sulfonamides is 1. The lowest BCUT2D eigenvalue weighted by atomic mass is 9.89. The Balaban J connectivity index is 1.57. The molecule has 1 aromatic rings. The van der Waals surface area contributed by atoms with Gasteiger partial charge in [-0.05, 0) is 62.2 Å². The Morgan fingerprint density at radius 3 is 2.11 bits per heavy atom. The van der Waals surface area contributed by atoms with Gasteiger partial charge < -0.3 is 10.6 Å². The number of hydrogen-bond donors (Lipinski definition) is 2. The molecule has 2 fully saturated rings. The Kier molecular flexibility index (Phi) is 7.42. The maximum Gasteiger partial charge on any atom is 0.243 e. The first kappa shape index (κ1) is 21.2. The number of carbonyl (C=O) groups excluding carboxylic acids is 1. The van der Waals surface area contributed by atoms with Crippen molar-refractivity contribution in [3.8, 4) is 0 Å². The van der Waals surface area contributed by atoms with Crippen molar-refractivity contribution in [2.45, 2.75) is 62.7 Å². The van der Waals surface area contributed by atoms with E-state index in [0.717, 1.165) is 51.4 Å². The van der Waals surface area contributed by atoms with Gasteiger partial charge in [0.15, 0.2) is 5.11 Å². The Bertz CT molecular complexity index is 779. The summed E-state index contributed by atoms with van der Waals surface area (Å²) < 4.78 is 27.2. The smallest absolute Gasteiger partial charge is 0.243 e. The third-order valence-electron chi connectivity index (χ3n) is 5.53. The van der Waals surface area contributed by atoms with E-state index in [4.69, 9.17) is 12.2 Å². The molecule has 1 heterocycles. The summed E-state index contributed by atoms with van der Waals surface area (Å²) in [5.74, 6) is 0.00667. The standard InChI is InChI=1S/C20H29N3O3S2/c24-19(16-8-4-3-5-9-16)22-20(27)21-17-10-12-18(13-11-17)28(25,26)23-14-6-1-2-7-15-23/h10-13,16H,1-9,14-15H2,(H2,21,22,24,27). The van der Waals surface area contributed by atoms with Gasteiger partial charge in [-0.25, -0.2) is 8.42 Å².